The van der Waals surface area contributed by atoms with Crippen molar-refractivity contribution < 1.29 is 4.79 Å². The molecular formula is C18H24N4O2S. The van der Waals surface area contributed by atoms with E-state index in [9.17, 15) is 9.59 Å². The number of carbonyl (C=O) groups is 1. The maximum atomic E-state index is 12.9. The van der Waals surface area contributed by atoms with Crippen molar-refractivity contribution in [2.75, 3.05) is 32.7 Å². The van der Waals surface area contributed by atoms with E-state index in [-0.39, 0.29) is 18.0 Å². The van der Waals surface area contributed by atoms with Gasteiger partial charge in [-0.2, -0.15) is 0 Å². The summed E-state index contributed by atoms with van der Waals surface area (Å²) in [6.07, 6.45) is 5.89. The first kappa shape index (κ1) is 16.7. The van der Waals surface area contributed by atoms with Crippen LogP contribution in [0.2, 0.25) is 0 Å². The van der Waals surface area contributed by atoms with Crippen LogP contribution in [0.15, 0.2) is 11.1 Å². The first-order valence-corrected chi connectivity index (χ1v) is 9.99. The number of aryl methyl sites for hydroxylation is 2. The van der Waals surface area contributed by atoms with Gasteiger partial charge in [0, 0.05) is 31.1 Å². The van der Waals surface area contributed by atoms with Crippen LogP contribution in [-0.2, 0) is 24.2 Å². The molecule has 1 fully saturated rings. The third-order valence-electron chi connectivity index (χ3n) is 5.42. The standard InChI is InChI=1S/C18H24N4O2S/c1-2-20-7-9-21(10-8-20)15(23)11-22-12-19-17-16(18(22)24)13-5-3-4-6-14(13)25-17/h12H,2-11H2,1H3. The summed E-state index contributed by atoms with van der Waals surface area (Å²) in [7, 11) is 0. The van der Waals surface area contributed by atoms with E-state index >= 15 is 0 Å². The Balaban J connectivity index is 1.57. The molecule has 25 heavy (non-hydrogen) atoms. The van der Waals surface area contributed by atoms with E-state index in [4.69, 9.17) is 0 Å². The summed E-state index contributed by atoms with van der Waals surface area (Å²) in [6, 6.07) is 0. The second kappa shape index (κ2) is 6.88. The number of nitrogens with zero attached hydrogens (tertiary/aromatic N) is 4. The van der Waals surface area contributed by atoms with Gasteiger partial charge in [0.1, 0.15) is 11.4 Å². The number of fused-ring (bicyclic) bond motifs is 3. The van der Waals surface area contributed by atoms with Crippen molar-refractivity contribution in [2.45, 2.75) is 39.2 Å². The highest BCUT2D eigenvalue weighted by molar-refractivity contribution is 7.18. The van der Waals surface area contributed by atoms with Gasteiger partial charge < -0.3 is 9.80 Å². The first-order chi connectivity index (χ1) is 12.2. The van der Waals surface area contributed by atoms with E-state index in [1.165, 1.54) is 21.4 Å². The molecule has 0 spiro atoms. The molecule has 1 amide bonds. The van der Waals surface area contributed by atoms with Gasteiger partial charge in [0.15, 0.2) is 0 Å². The highest BCUT2D eigenvalue weighted by Crippen LogP contribution is 2.33. The van der Waals surface area contributed by atoms with Crippen LogP contribution >= 0.6 is 11.3 Å². The van der Waals surface area contributed by atoms with Crippen molar-refractivity contribution in [2.24, 2.45) is 0 Å². The van der Waals surface area contributed by atoms with Crippen LogP contribution in [0.3, 0.4) is 0 Å². The average Bonchev–Trinajstić information content (AvgIpc) is 3.03. The van der Waals surface area contributed by atoms with E-state index in [0.717, 1.165) is 62.2 Å². The van der Waals surface area contributed by atoms with Gasteiger partial charge in [-0.25, -0.2) is 4.98 Å². The molecule has 2 aromatic heterocycles. The minimum Gasteiger partial charge on any atom is -0.339 e. The second-order valence-electron chi connectivity index (χ2n) is 6.88. The summed E-state index contributed by atoms with van der Waals surface area (Å²) < 4.78 is 1.50. The lowest BCUT2D eigenvalue weighted by Gasteiger charge is -2.34. The topological polar surface area (TPSA) is 58.4 Å². The molecule has 2 aliphatic rings. The van der Waals surface area contributed by atoms with E-state index in [1.54, 1.807) is 17.7 Å². The van der Waals surface area contributed by atoms with E-state index in [0.29, 0.717) is 0 Å². The van der Waals surface area contributed by atoms with E-state index in [1.807, 2.05) is 4.90 Å². The normalized spacial score (nSPS) is 18.5. The number of hydrogen-bond donors (Lipinski definition) is 0. The van der Waals surface area contributed by atoms with Gasteiger partial charge in [-0.1, -0.05) is 6.92 Å². The number of hydrogen-bond acceptors (Lipinski definition) is 5. The van der Waals surface area contributed by atoms with Crippen LogP contribution in [0.25, 0.3) is 10.2 Å². The van der Waals surface area contributed by atoms with Crippen LogP contribution < -0.4 is 5.56 Å². The molecule has 7 heteroatoms. The van der Waals surface area contributed by atoms with Crippen molar-refractivity contribution in [3.63, 3.8) is 0 Å². The SMILES string of the molecule is CCN1CCN(C(=O)Cn2cnc3sc4c(c3c2=O)CCCC4)CC1. The van der Waals surface area contributed by atoms with E-state index < -0.39 is 0 Å². The van der Waals surface area contributed by atoms with Crippen molar-refractivity contribution in [1.29, 1.82) is 0 Å². The van der Waals surface area contributed by atoms with Crippen molar-refractivity contribution in [3.05, 3.63) is 27.1 Å². The molecule has 1 aliphatic carbocycles. The molecule has 134 valence electrons. The molecule has 3 heterocycles. The van der Waals surface area contributed by atoms with Gasteiger partial charge >= 0.3 is 0 Å². The Morgan fingerprint density at radius 2 is 1.96 bits per heavy atom. The van der Waals surface area contributed by atoms with Crippen LogP contribution in [0.5, 0.6) is 0 Å². The smallest absolute Gasteiger partial charge is 0.262 e. The van der Waals surface area contributed by atoms with Gasteiger partial charge in [-0.05, 0) is 37.8 Å². The fraction of sp³-hybridized carbons (Fsp3) is 0.611. The number of thiophene rings is 1. The van der Waals surface area contributed by atoms with Gasteiger partial charge in [0.05, 0.1) is 11.7 Å². The molecular weight excluding hydrogens is 336 g/mol. The summed E-state index contributed by atoms with van der Waals surface area (Å²) in [5.41, 5.74) is 1.13. The van der Waals surface area contributed by atoms with Crippen molar-refractivity contribution in [3.8, 4) is 0 Å². The van der Waals surface area contributed by atoms with Crippen LogP contribution in [0.1, 0.15) is 30.2 Å². The molecule has 0 radical (unpaired) electrons. The summed E-state index contributed by atoms with van der Waals surface area (Å²) in [4.78, 5) is 36.3. The molecule has 0 N–H and O–H groups in total. The predicted octanol–water partition coefficient (Wildman–Crippen LogP) is 1.50. The zero-order chi connectivity index (χ0) is 17.4. The van der Waals surface area contributed by atoms with Crippen LogP contribution in [0, 0.1) is 0 Å². The molecule has 1 aliphatic heterocycles. The Kier molecular flexibility index (Phi) is 4.60. The summed E-state index contributed by atoms with van der Waals surface area (Å²) >= 11 is 1.65. The van der Waals surface area contributed by atoms with Crippen molar-refractivity contribution in [1.82, 2.24) is 19.4 Å². The summed E-state index contributed by atoms with van der Waals surface area (Å²) in [6.45, 7) is 6.55. The van der Waals surface area contributed by atoms with Gasteiger partial charge in [-0.3, -0.25) is 14.2 Å². The molecule has 0 atom stereocenters. The Labute approximate surface area is 151 Å². The number of piperazine rings is 1. The molecule has 4 rings (SSSR count). The molecule has 2 aromatic rings. The first-order valence-electron chi connectivity index (χ1n) is 9.17. The number of rotatable bonds is 3. The van der Waals surface area contributed by atoms with Gasteiger partial charge in [-0.15, -0.1) is 11.3 Å². The Hall–Kier alpha value is -1.73. The molecule has 1 saturated heterocycles. The zero-order valence-electron chi connectivity index (χ0n) is 14.7. The molecule has 0 aromatic carbocycles. The quantitative estimate of drug-likeness (QED) is 0.832. The number of likely N-dealkylation sites (N-methyl/N-ethyl adjacent to an activating group) is 1. The third kappa shape index (κ3) is 3.11. The molecule has 6 nitrogen and oxygen atoms in total. The van der Waals surface area contributed by atoms with Crippen LogP contribution in [-0.4, -0.2) is 58.0 Å². The molecule has 0 unspecified atom stereocenters. The Morgan fingerprint density at radius 1 is 1.20 bits per heavy atom. The zero-order valence-corrected chi connectivity index (χ0v) is 15.5. The average molecular weight is 360 g/mol. The minimum absolute atomic E-state index is 0.0168. The lowest BCUT2D eigenvalue weighted by Crippen LogP contribution is -2.49. The molecule has 0 saturated carbocycles. The van der Waals surface area contributed by atoms with Crippen LogP contribution in [0.4, 0.5) is 0 Å². The van der Waals surface area contributed by atoms with E-state index in [2.05, 4.69) is 16.8 Å². The molecule has 0 bridgehead atoms. The lowest BCUT2D eigenvalue weighted by molar-refractivity contribution is -0.133. The highest BCUT2D eigenvalue weighted by Gasteiger charge is 2.23. The summed E-state index contributed by atoms with van der Waals surface area (Å²) in [5.74, 6) is 0.0168. The van der Waals surface area contributed by atoms with Gasteiger partial charge in [0.2, 0.25) is 5.91 Å². The second-order valence-corrected chi connectivity index (χ2v) is 7.97. The number of amides is 1. The Bertz CT molecular complexity index is 849. The minimum atomic E-state index is -0.0510. The third-order valence-corrected chi connectivity index (χ3v) is 6.62. The van der Waals surface area contributed by atoms with Crippen molar-refractivity contribution >= 4 is 27.5 Å². The van der Waals surface area contributed by atoms with Gasteiger partial charge in [0.25, 0.3) is 5.56 Å². The summed E-state index contributed by atoms with van der Waals surface area (Å²) in [5, 5.41) is 0.755. The fourth-order valence-corrected chi connectivity index (χ4v) is 5.07. The largest absolute Gasteiger partial charge is 0.339 e. The lowest BCUT2D eigenvalue weighted by atomic mass is 9.97. The predicted molar refractivity (Wildman–Crippen MR) is 99.2 cm³/mol. The fourth-order valence-electron chi connectivity index (χ4n) is 3.85. The maximum Gasteiger partial charge on any atom is 0.262 e. The number of carbonyl (C=O) groups excluding carboxylic acids is 1. The Morgan fingerprint density at radius 3 is 2.72 bits per heavy atom. The monoisotopic (exact) mass is 360 g/mol. The number of aromatic nitrogens is 2. The maximum absolute atomic E-state index is 12.9. The highest BCUT2D eigenvalue weighted by atomic mass is 32.1.